The fraction of sp³-hybridized carbons (Fsp3) is 0.600. The summed E-state index contributed by atoms with van der Waals surface area (Å²) in [7, 11) is 0. The van der Waals surface area contributed by atoms with Crippen LogP contribution in [0, 0.1) is 17.6 Å². The SMILES string of the molecule is CCC1OCCC1CNC(C)c1cc(F)ccc1F. The second kappa shape index (κ2) is 6.44. The molecule has 4 heteroatoms. The highest BCUT2D eigenvalue weighted by atomic mass is 19.1. The minimum atomic E-state index is -0.402. The van der Waals surface area contributed by atoms with Crippen molar-refractivity contribution in [2.75, 3.05) is 13.2 Å². The fourth-order valence-corrected chi connectivity index (χ4v) is 2.66. The summed E-state index contributed by atoms with van der Waals surface area (Å²) < 4.78 is 32.4. The number of nitrogens with one attached hydrogen (secondary N) is 1. The second-order valence-electron chi connectivity index (χ2n) is 5.16. The maximum absolute atomic E-state index is 13.6. The van der Waals surface area contributed by atoms with E-state index < -0.39 is 5.82 Å². The monoisotopic (exact) mass is 269 g/mol. The Balaban J connectivity index is 1.93. The van der Waals surface area contributed by atoms with Gasteiger partial charge in [-0.2, -0.15) is 0 Å². The molecule has 0 aliphatic carbocycles. The molecule has 1 N–H and O–H groups in total. The Morgan fingerprint density at radius 2 is 2.21 bits per heavy atom. The highest BCUT2D eigenvalue weighted by Crippen LogP contribution is 2.24. The first kappa shape index (κ1) is 14.4. The van der Waals surface area contributed by atoms with E-state index in [9.17, 15) is 8.78 Å². The van der Waals surface area contributed by atoms with Gasteiger partial charge in [0.1, 0.15) is 11.6 Å². The van der Waals surface area contributed by atoms with Crippen LogP contribution in [0.25, 0.3) is 0 Å². The van der Waals surface area contributed by atoms with Gasteiger partial charge in [-0.3, -0.25) is 0 Å². The molecule has 1 aromatic rings. The number of rotatable bonds is 5. The van der Waals surface area contributed by atoms with Gasteiger partial charge in [-0.25, -0.2) is 8.78 Å². The van der Waals surface area contributed by atoms with Crippen LogP contribution in [0.3, 0.4) is 0 Å². The van der Waals surface area contributed by atoms with E-state index >= 15 is 0 Å². The first-order valence-corrected chi connectivity index (χ1v) is 6.91. The van der Waals surface area contributed by atoms with Crippen molar-refractivity contribution in [3.63, 3.8) is 0 Å². The van der Waals surface area contributed by atoms with Crippen molar-refractivity contribution >= 4 is 0 Å². The normalized spacial score (nSPS) is 24.6. The minimum absolute atomic E-state index is 0.200. The quantitative estimate of drug-likeness (QED) is 0.884. The first-order chi connectivity index (χ1) is 9.11. The van der Waals surface area contributed by atoms with E-state index in [4.69, 9.17) is 4.74 Å². The molecule has 19 heavy (non-hydrogen) atoms. The van der Waals surface area contributed by atoms with E-state index in [0.717, 1.165) is 32.1 Å². The van der Waals surface area contributed by atoms with Crippen molar-refractivity contribution in [3.8, 4) is 0 Å². The average molecular weight is 269 g/mol. The summed E-state index contributed by atoms with van der Waals surface area (Å²) in [5.74, 6) is -0.305. The van der Waals surface area contributed by atoms with Crippen LogP contribution in [0.4, 0.5) is 8.78 Å². The van der Waals surface area contributed by atoms with E-state index in [-0.39, 0.29) is 18.0 Å². The second-order valence-corrected chi connectivity index (χ2v) is 5.16. The molecule has 1 aliphatic heterocycles. The molecule has 1 heterocycles. The third-order valence-corrected chi connectivity index (χ3v) is 3.86. The van der Waals surface area contributed by atoms with Gasteiger partial charge in [0, 0.05) is 24.8 Å². The zero-order valence-electron chi connectivity index (χ0n) is 11.5. The van der Waals surface area contributed by atoms with Crippen molar-refractivity contribution < 1.29 is 13.5 Å². The van der Waals surface area contributed by atoms with Gasteiger partial charge in [0.25, 0.3) is 0 Å². The molecule has 0 saturated carbocycles. The molecule has 3 atom stereocenters. The Morgan fingerprint density at radius 3 is 2.95 bits per heavy atom. The lowest BCUT2D eigenvalue weighted by Crippen LogP contribution is -2.30. The van der Waals surface area contributed by atoms with Crippen LogP contribution in [-0.4, -0.2) is 19.3 Å². The van der Waals surface area contributed by atoms with E-state index in [1.54, 1.807) is 0 Å². The third-order valence-electron chi connectivity index (χ3n) is 3.86. The molecule has 106 valence electrons. The summed E-state index contributed by atoms with van der Waals surface area (Å²) in [5, 5.41) is 3.29. The van der Waals surface area contributed by atoms with Crippen molar-refractivity contribution in [1.82, 2.24) is 5.32 Å². The molecule has 1 aliphatic rings. The summed E-state index contributed by atoms with van der Waals surface area (Å²) in [5.41, 5.74) is 0.381. The smallest absolute Gasteiger partial charge is 0.128 e. The number of benzene rings is 1. The highest BCUT2D eigenvalue weighted by Gasteiger charge is 2.27. The maximum Gasteiger partial charge on any atom is 0.128 e. The van der Waals surface area contributed by atoms with E-state index in [0.29, 0.717) is 11.5 Å². The summed E-state index contributed by atoms with van der Waals surface area (Å²) in [6.07, 6.45) is 2.32. The number of hydrogen-bond acceptors (Lipinski definition) is 2. The Morgan fingerprint density at radius 1 is 1.42 bits per heavy atom. The predicted molar refractivity (Wildman–Crippen MR) is 70.9 cm³/mol. The molecule has 0 bridgehead atoms. The molecule has 1 aromatic carbocycles. The molecule has 1 saturated heterocycles. The zero-order chi connectivity index (χ0) is 13.8. The van der Waals surface area contributed by atoms with Gasteiger partial charge in [-0.15, -0.1) is 0 Å². The Labute approximate surface area is 113 Å². The van der Waals surface area contributed by atoms with Crippen LogP contribution in [0.15, 0.2) is 18.2 Å². The van der Waals surface area contributed by atoms with Gasteiger partial charge < -0.3 is 10.1 Å². The van der Waals surface area contributed by atoms with Crippen LogP contribution in [0.2, 0.25) is 0 Å². The van der Waals surface area contributed by atoms with Crippen molar-refractivity contribution in [2.45, 2.75) is 38.8 Å². The summed E-state index contributed by atoms with van der Waals surface area (Å²) >= 11 is 0. The molecule has 1 fully saturated rings. The van der Waals surface area contributed by atoms with Gasteiger partial charge in [0.2, 0.25) is 0 Å². The first-order valence-electron chi connectivity index (χ1n) is 6.91. The lowest BCUT2D eigenvalue weighted by atomic mass is 9.98. The lowest BCUT2D eigenvalue weighted by molar-refractivity contribution is 0.0867. The number of halogens is 2. The minimum Gasteiger partial charge on any atom is -0.378 e. The van der Waals surface area contributed by atoms with Crippen molar-refractivity contribution in [3.05, 3.63) is 35.4 Å². The van der Waals surface area contributed by atoms with Crippen LogP contribution in [-0.2, 0) is 4.74 Å². The van der Waals surface area contributed by atoms with Gasteiger partial charge >= 0.3 is 0 Å². The summed E-state index contributed by atoms with van der Waals surface area (Å²) in [6, 6.07) is 3.38. The fourth-order valence-electron chi connectivity index (χ4n) is 2.66. The summed E-state index contributed by atoms with van der Waals surface area (Å²) in [6.45, 7) is 5.54. The van der Waals surface area contributed by atoms with Crippen LogP contribution >= 0.6 is 0 Å². The Hall–Kier alpha value is -1.00. The largest absolute Gasteiger partial charge is 0.378 e. The molecule has 2 nitrogen and oxygen atoms in total. The van der Waals surface area contributed by atoms with E-state index in [1.165, 1.54) is 12.1 Å². The molecule has 0 spiro atoms. The third kappa shape index (κ3) is 3.51. The maximum atomic E-state index is 13.6. The molecule has 3 unspecified atom stereocenters. The highest BCUT2D eigenvalue weighted by molar-refractivity contribution is 5.21. The molecule has 0 radical (unpaired) electrons. The molecule has 2 rings (SSSR count). The standard InChI is InChI=1S/C15H21F2NO/c1-3-15-11(6-7-19-15)9-18-10(2)13-8-12(16)4-5-14(13)17/h4-5,8,10-11,15,18H,3,6-7,9H2,1-2H3. The van der Waals surface area contributed by atoms with Crippen LogP contribution < -0.4 is 5.32 Å². The summed E-state index contributed by atoms with van der Waals surface area (Å²) in [4.78, 5) is 0. The lowest BCUT2D eigenvalue weighted by Gasteiger charge is -2.21. The topological polar surface area (TPSA) is 21.3 Å². The molecular formula is C15H21F2NO. The zero-order valence-corrected chi connectivity index (χ0v) is 11.5. The Kier molecular flexibility index (Phi) is 4.88. The van der Waals surface area contributed by atoms with E-state index in [1.807, 2.05) is 6.92 Å². The average Bonchev–Trinajstić information content (AvgIpc) is 2.86. The van der Waals surface area contributed by atoms with Crippen LogP contribution in [0.1, 0.15) is 38.3 Å². The van der Waals surface area contributed by atoms with Gasteiger partial charge in [-0.1, -0.05) is 6.92 Å². The molecular weight excluding hydrogens is 248 g/mol. The van der Waals surface area contributed by atoms with Gasteiger partial charge in [-0.05, 0) is 43.9 Å². The van der Waals surface area contributed by atoms with Gasteiger partial charge in [0.15, 0.2) is 0 Å². The van der Waals surface area contributed by atoms with Crippen molar-refractivity contribution in [1.29, 1.82) is 0 Å². The van der Waals surface area contributed by atoms with Crippen LogP contribution in [0.5, 0.6) is 0 Å². The molecule has 0 aromatic heterocycles. The molecule has 0 amide bonds. The van der Waals surface area contributed by atoms with Crippen molar-refractivity contribution in [2.24, 2.45) is 5.92 Å². The van der Waals surface area contributed by atoms with E-state index in [2.05, 4.69) is 12.2 Å². The number of hydrogen-bond donors (Lipinski definition) is 1. The Bertz CT molecular complexity index is 425. The van der Waals surface area contributed by atoms with Gasteiger partial charge in [0.05, 0.1) is 6.10 Å². The predicted octanol–water partition coefficient (Wildman–Crippen LogP) is 3.43. The number of ether oxygens (including phenoxy) is 1.